The van der Waals surface area contributed by atoms with Crippen molar-refractivity contribution in [2.24, 2.45) is 0 Å². The quantitative estimate of drug-likeness (QED) is 0.679. The van der Waals surface area contributed by atoms with E-state index in [0.29, 0.717) is 5.75 Å². The van der Waals surface area contributed by atoms with E-state index in [1.807, 2.05) is 12.3 Å². The molecular formula is C15H15NO4S. The molecule has 0 unspecified atom stereocenters. The van der Waals surface area contributed by atoms with Crippen molar-refractivity contribution in [3.8, 4) is 11.5 Å². The fourth-order valence-corrected chi connectivity index (χ4v) is 2.23. The Morgan fingerprint density at radius 1 is 1.48 bits per heavy atom. The summed E-state index contributed by atoms with van der Waals surface area (Å²) in [4.78, 5) is 15.8. The molecule has 0 saturated heterocycles. The molecule has 0 aliphatic carbocycles. The van der Waals surface area contributed by atoms with Gasteiger partial charge in [-0.3, -0.25) is 0 Å². The molecule has 2 rings (SSSR count). The number of ether oxygens (including phenoxy) is 2. The number of methoxy groups -OCH3 is 1. The van der Waals surface area contributed by atoms with Gasteiger partial charge in [-0.05, 0) is 30.7 Å². The molecule has 0 spiro atoms. The number of aromatic nitrogens is 1. The summed E-state index contributed by atoms with van der Waals surface area (Å²) < 4.78 is 10.1. The van der Waals surface area contributed by atoms with Gasteiger partial charge in [-0.1, -0.05) is 6.07 Å². The van der Waals surface area contributed by atoms with E-state index < -0.39 is 5.97 Å². The highest BCUT2D eigenvalue weighted by molar-refractivity contribution is 7.09. The second-order valence-electron chi connectivity index (χ2n) is 4.23. The molecule has 0 bridgehead atoms. The van der Waals surface area contributed by atoms with Gasteiger partial charge in [0, 0.05) is 11.5 Å². The van der Waals surface area contributed by atoms with Gasteiger partial charge < -0.3 is 14.6 Å². The van der Waals surface area contributed by atoms with Gasteiger partial charge in [0.15, 0.2) is 11.5 Å². The van der Waals surface area contributed by atoms with E-state index in [2.05, 4.69) is 4.98 Å². The zero-order valence-electron chi connectivity index (χ0n) is 11.7. The monoisotopic (exact) mass is 305 g/mol. The fourth-order valence-electron chi connectivity index (χ4n) is 1.63. The number of esters is 1. The van der Waals surface area contributed by atoms with Crippen LogP contribution in [0.5, 0.6) is 11.5 Å². The molecule has 2 aromatic rings. The number of carbonyl (C=O) groups excluding carboxylic acids is 1. The van der Waals surface area contributed by atoms with E-state index in [4.69, 9.17) is 9.47 Å². The first-order chi connectivity index (χ1) is 10.1. The van der Waals surface area contributed by atoms with Crippen molar-refractivity contribution in [3.05, 3.63) is 45.9 Å². The number of hydrogen-bond acceptors (Lipinski definition) is 6. The molecule has 0 aliphatic rings. The standard InChI is InChI=1S/C15H15NO4S/c1-10-16-12(9-21-10)8-20-15(18)6-4-11-3-5-13(17)14(7-11)19-2/h3-7,9,17H,8H2,1-2H3/b6-4+. The van der Waals surface area contributed by atoms with Crippen molar-refractivity contribution < 1.29 is 19.4 Å². The third kappa shape index (κ3) is 4.32. The zero-order valence-corrected chi connectivity index (χ0v) is 12.5. The maximum atomic E-state index is 11.6. The molecule has 1 aromatic heterocycles. The Bertz CT molecular complexity index is 663. The van der Waals surface area contributed by atoms with Crippen LogP contribution in [0.3, 0.4) is 0 Å². The lowest BCUT2D eigenvalue weighted by molar-refractivity contribution is -0.139. The highest BCUT2D eigenvalue weighted by atomic mass is 32.1. The molecule has 0 saturated carbocycles. The fraction of sp³-hybridized carbons (Fsp3) is 0.200. The number of benzene rings is 1. The predicted octanol–water partition coefficient (Wildman–Crippen LogP) is 2.92. The molecule has 0 radical (unpaired) electrons. The van der Waals surface area contributed by atoms with Crippen molar-refractivity contribution in [2.45, 2.75) is 13.5 Å². The number of thiazole rings is 1. The smallest absolute Gasteiger partial charge is 0.331 e. The average Bonchev–Trinajstić information content (AvgIpc) is 2.90. The van der Waals surface area contributed by atoms with Crippen LogP contribution in [0.2, 0.25) is 0 Å². The third-order valence-electron chi connectivity index (χ3n) is 2.64. The number of hydrogen-bond donors (Lipinski definition) is 1. The molecular weight excluding hydrogens is 290 g/mol. The van der Waals surface area contributed by atoms with Crippen LogP contribution in [-0.2, 0) is 16.1 Å². The van der Waals surface area contributed by atoms with Crippen molar-refractivity contribution in [1.29, 1.82) is 0 Å². The van der Waals surface area contributed by atoms with Gasteiger partial charge in [0.1, 0.15) is 6.61 Å². The summed E-state index contributed by atoms with van der Waals surface area (Å²) in [6, 6.07) is 4.80. The summed E-state index contributed by atoms with van der Waals surface area (Å²) >= 11 is 1.51. The van der Waals surface area contributed by atoms with Crippen LogP contribution in [0.1, 0.15) is 16.3 Å². The summed E-state index contributed by atoms with van der Waals surface area (Å²) in [7, 11) is 1.46. The van der Waals surface area contributed by atoms with Crippen molar-refractivity contribution >= 4 is 23.4 Å². The van der Waals surface area contributed by atoms with E-state index in [-0.39, 0.29) is 12.4 Å². The summed E-state index contributed by atoms with van der Waals surface area (Å²) in [5.74, 6) is -0.0488. The van der Waals surface area contributed by atoms with Crippen LogP contribution < -0.4 is 4.74 Å². The highest BCUT2D eigenvalue weighted by Crippen LogP contribution is 2.26. The number of rotatable bonds is 5. The van der Waals surface area contributed by atoms with E-state index in [9.17, 15) is 9.90 Å². The van der Waals surface area contributed by atoms with Gasteiger partial charge in [-0.25, -0.2) is 9.78 Å². The summed E-state index contributed by atoms with van der Waals surface area (Å²) in [5, 5.41) is 12.3. The summed E-state index contributed by atoms with van der Waals surface area (Å²) in [5.41, 5.74) is 1.47. The number of nitrogens with zero attached hydrogens (tertiary/aromatic N) is 1. The summed E-state index contributed by atoms with van der Waals surface area (Å²) in [6.07, 6.45) is 2.92. The average molecular weight is 305 g/mol. The Kier molecular flexibility index (Phi) is 4.94. The molecule has 6 heteroatoms. The Labute approximate surface area is 126 Å². The molecule has 0 atom stereocenters. The molecule has 1 N–H and O–H groups in total. The largest absolute Gasteiger partial charge is 0.504 e. The van der Waals surface area contributed by atoms with E-state index in [1.54, 1.807) is 18.2 Å². The first kappa shape index (κ1) is 15.1. The first-order valence-electron chi connectivity index (χ1n) is 6.21. The summed E-state index contributed by atoms with van der Waals surface area (Å²) in [6.45, 7) is 2.06. The highest BCUT2D eigenvalue weighted by Gasteiger charge is 2.03. The minimum absolute atomic E-state index is 0.0520. The number of aromatic hydroxyl groups is 1. The molecule has 0 amide bonds. The lowest BCUT2D eigenvalue weighted by Crippen LogP contribution is -2.00. The van der Waals surface area contributed by atoms with E-state index in [0.717, 1.165) is 16.3 Å². The van der Waals surface area contributed by atoms with Gasteiger partial charge in [-0.15, -0.1) is 11.3 Å². The number of phenolic OH excluding ortho intramolecular Hbond substituents is 1. The van der Waals surface area contributed by atoms with Gasteiger partial charge in [0.25, 0.3) is 0 Å². The second kappa shape index (κ2) is 6.90. The van der Waals surface area contributed by atoms with Crippen LogP contribution in [0, 0.1) is 6.92 Å². The normalized spacial score (nSPS) is 10.8. The van der Waals surface area contributed by atoms with E-state index >= 15 is 0 Å². The van der Waals surface area contributed by atoms with Crippen LogP contribution in [0.25, 0.3) is 6.08 Å². The molecule has 1 heterocycles. The van der Waals surface area contributed by atoms with Gasteiger partial charge >= 0.3 is 5.97 Å². The van der Waals surface area contributed by atoms with Gasteiger partial charge in [0.05, 0.1) is 17.8 Å². The topological polar surface area (TPSA) is 68.7 Å². The molecule has 5 nitrogen and oxygen atoms in total. The molecule has 21 heavy (non-hydrogen) atoms. The minimum atomic E-state index is -0.451. The lowest BCUT2D eigenvalue weighted by Gasteiger charge is -2.03. The van der Waals surface area contributed by atoms with Crippen molar-refractivity contribution in [1.82, 2.24) is 4.98 Å². The predicted molar refractivity (Wildman–Crippen MR) is 80.3 cm³/mol. The maximum Gasteiger partial charge on any atom is 0.331 e. The van der Waals surface area contributed by atoms with Crippen molar-refractivity contribution in [3.63, 3.8) is 0 Å². The minimum Gasteiger partial charge on any atom is -0.504 e. The SMILES string of the molecule is COc1cc(/C=C/C(=O)OCc2csc(C)n2)ccc1O. The Morgan fingerprint density at radius 3 is 2.95 bits per heavy atom. The second-order valence-corrected chi connectivity index (χ2v) is 5.29. The Hall–Kier alpha value is -2.34. The van der Waals surface area contributed by atoms with Crippen LogP contribution in [0.4, 0.5) is 0 Å². The molecule has 0 aliphatic heterocycles. The van der Waals surface area contributed by atoms with Crippen LogP contribution in [-0.4, -0.2) is 23.2 Å². The van der Waals surface area contributed by atoms with Gasteiger partial charge in [-0.2, -0.15) is 0 Å². The molecule has 0 fully saturated rings. The van der Waals surface area contributed by atoms with Gasteiger partial charge in [0.2, 0.25) is 0 Å². The Morgan fingerprint density at radius 2 is 2.29 bits per heavy atom. The van der Waals surface area contributed by atoms with Crippen LogP contribution in [0.15, 0.2) is 29.7 Å². The first-order valence-corrected chi connectivity index (χ1v) is 7.09. The van der Waals surface area contributed by atoms with Crippen LogP contribution >= 0.6 is 11.3 Å². The zero-order chi connectivity index (χ0) is 15.2. The Balaban J connectivity index is 1.92. The number of aryl methyl sites for hydroxylation is 1. The molecule has 1 aromatic carbocycles. The van der Waals surface area contributed by atoms with Crippen molar-refractivity contribution in [2.75, 3.05) is 7.11 Å². The third-order valence-corrected chi connectivity index (χ3v) is 3.47. The number of phenols is 1. The van der Waals surface area contributed by atoms with E-state index in [1.165, 1.54) is 30.6 Å². The molecule has 110 valence electrons. The lowest BCUT2D eigenvalue weighted by atomic mass is 10.2. The number of carbonyl (C=O) groups is 1. The maximum absolute atomic E-state index is 11.6.